The van der Waals surface area contributed by atoms with Gasteiger partial charge in [-0.15, -0.1) is 11.3 Å². The van der Waals surface area contributed by atoms with Crippen molar-refractivity contribution in [2.24, 2.45) is 0 Å². The van der Waals surface area contributed by atoms with Gasteiger partial charge in [-0.2, -0.15) is 0 Å². The summed E-state index contributed by atoms with van der Waals surface area (Å²) in [6.45, 7) is 5.57. The Balaban J connectivity index is 1.85. The zero-order valence-electron chi connectivity index (χ0n) is 18.7. The Labute approximate surface area is 188 Å². The monoisotopic (exact) mass is 444 g/mol. The summed E-state index contributed by atoms with van der Waals surface area (Å²) in [7, 11) is 3.95. The maximum atomic E-state index is 13.3. The molecule has 3 rings (SSSR count). The molecule has 0 spiro atoms. The second-order valence-electron chi connectivity index (χ2n) is 8.29. The van der Waals surface area contributed by atoms with Crippen molar-refractivity contribution in [1.82, 2.24) is 10.2 Å². The first kappa shape index (κ1) is 23.1. The van der Waals surface area contributed by atoms with Crippen molar-refractivity contribution in [1.29, 1.82) is 0 Å². The van der Waals surface area contributed by atoms with E-state index in [4.69, 9.17) is 4.74 Å². The Morgan fingerprint density at radius 1 is 1.26 bits per heavy atom. The Kier molecular flexibility index (Phi) is 7.92. The predicted molar refractivity (Wildman–Crippen MR) is 126 cm³/mol. The molecule has 0 unspecified atom stereocenters. The van der Waals surface area contributed by atoms with Gasteiger partial charge in [-0.3, -0.25) is 4.79 Å². The number of benzene rings is 1. The maximum Gasteiger partial charge on any atom is 0.319 e. The fourth-order valence-electron chi connectivity index (χ4n) is 3.67. The maximum absolute atomic E-state index is 13.3. The number of ether oxygens (including phenoxy) is 1. The van der Waals surface area contributed by atoms with Crippen LogP contribution in [-0.2, 0) is 11.3 Å². The van der Waals surface area contributed by atoms with E-state index in [1.165, 1.54) is 11.3 Å². The zero-order valence-corrected chi connectivity index (χ0v) is 19.5. The van der Waals surface area contributed by atoms with E-state index in [-0.39, 0.29) is 24.1 Å². The summed E-state index contributed by atoms with van der Waals surface area (Å²) < 4.78 is 5.81. The lowest BCUT2D eigenvalue weighted by Gasteiger charge is -2.28. The number of hydrogen-bond donors (Lipinski definition) is 2. The van der Waals surface area contributed by atoms with Crippen LogP contribution < -0.4 is 15.5 Å². The highest BCUT2D eigenvalue weighted by Gasteiger charge is 2.25. The molecular formula is C23H32N4O3S. The number of thiophene rings is 1. The fourth-order valence-corrected chi connectivity index (χ4v) is 4.36. The van der Waals surface area contributed by atoms with Crippen LogP contribution in [0, 0.1) is 0 Å². The van der Waals surface area contributed by atoms with Crippen LogP contribution in [0.25, 0.3) is 0 Å². The Morgan fingerprint density at radius 2 is 2.06 bits per heavy atom. The highest BCUT2D eigenvalue weighted by Crippen LogP contribution is 2.27. The third kappa shape index (κ3) is 6.45. The van der Waals surface area contributed by atoms with Gasteiger partial charge in [-0.1, -0.05) is 6.07 Å². The van der Waals surface area contributed by atoms with E-state index in [1.807, 2.05) is 73.5 Å². The summed E-state index contributed by atoms with van der Waals surface area (Å²) in [5, 5.41) is 7.64. The lowest BCUT2D eigenvalue weighted by molar-refractivity contribution is 0.0511. The van der Waals surface area contributed by atoms with Crippen molar-refractivity contribution in [3.05, 3.63) is 46.2 Å². The molecule has 31 heavy (non-hydrogen) atoms. The van der Waals surface area contributed by atoms with Gasteiger partial charge >= 0.3 is 6.03 Å². The first-order valence-electron chi connectivity index (χ1n) is 10.7. The van der Waals surface area contributed by atoms with Crippen molar-refractivity contribution in [3.8, 4) is 0 Å². The van der Waals surface area contributed by atoms with Gasteiger partial charge in [0.25, 0.3) is 5.91 Å². The third-order valence-electron chi connectivity index (χ3n) is 5.07. The minimum atomic E-state index is -0.246. The van der Waals surface area contributed by atoms with E-state index in [1.54, 1.807) is 0 Å². The second-order valence-corrected chi connectivity index (χ2v) is 9.24. The molecule has 0 bridgehead atoms. The molecule has 7 nitrogen and oxygen atoms in total. The quantitative estimate of drug-likeness (QED) is 0.641. The van der Waals surface area contributed by atoms with Crippen molar-refractivity contribution >= 4 is 34.6 Å². The topological polar surface area (TPSA) is 73.9 Å². The van der Waals surface area contributed by atoms with Gasteiger partial charge in [-0.25, -0.2) is 4.79 Å². The summed E-state index contributed by atoms with van der Waals surface area (Å²) >= 11 is 1.45. The van der Waals surface area contributed by atoms with Crippen LogP contribution in [0.4, 0.5) is 16.2 Å². The molecule has 3 amide bonds. The Morgan fingerprint density at radius 3 is 2.68 bits per heavy atom. The molecule has 8 heteroatoms. The van der Waals surface area contributed by atoms with Crippen LogP contribution in [0.3, 0.4) is 0 Å². The summed E-state index contributed by atoms with van der Waals surface area (Å²) in [6, 6.07) is 9.35. The van der Waals surface area contributed by atoms with Crippen LogP contribution in [0.15, 0.2) is 35.7 Å². The molecule has 2 heterocycles. The Bertz CT molecular complexity index is 877. The van der Waals surface area contributed by atoms with E-state index < -0.39 is 0 Å². The highest BCUT2D eigenvalue weighted by atomic mass is 32.1. The van der Waals surface area contributed by atoms with Gasteiger partial charge in [0, 0.05) is 51.2 Å². The van der Waals surface area contributed by atoms with E-state index in [0.717, 1.165) is 35.6 Å². The number of nitrogens with zero attached hydrogens (tertiary/aromatic N) is 2. The molecule has 1 aromatic carbocycles. The lowest BCUT2D eigenvalue weighted by atomic mass is 10.1. The van der Waals surface area contributed by atoms with E-state index in [2.05, 4.69) is 10.6 Å². The number of carbonyl (C=O) groups excluding carboxylic acids is 2. The van der Waals surface area contributed by atoms with Crippen molar-refractivity contribution < 1.29 is 14.3 Å². The largest absolute Gasteiger partial charge is 0.377 e. The SMILES string of the molecule is CC(C)NC(=O)Nc1ccc(N(C)C)c(CN(C[C@@H]2CCCO2)C(=O)c2cccs2)c1. The number of hydrogen-bond acceptors (Lipinski definition) is 5. The van der Waals surface area contributed by atoms with E-state index >= 15 is 0 Å². The van der Waals surface area contributed by atoms with Gasteiger partial charge in [-0.05, 0) is 61.9 Å². The molecule has 0 aliphatic carbocycles. The van der Waals surface area contributed by atoms with Gasteiger partial charge < -0.3 is 25.2 Å². The zero-order chi connectivity index (χ0) is 22.4. The molecule has 0 saturated carbocycles. The van der Waals surface area contributed by atoms with Crippen molar-refractivity contribution in [2.75, 3.05) is 37.5 Å². The van der Waals surface area contributed by atoms with Gasteiger partial charge in [0.15, 0.2) is 0 Å². The molecule has 2 N–H and O–H groups in total. The molecule has 1 aliphatic heterocycles. The minimum Gasteiger partial charge on any atom is -0.377 e. The first-order valence-corrected chi connectivity index (χ1v) is 11.5. The molecule has 2 aromatic rings. The third-order valence-corrected chi connectivity index (χ3v) is 5.93. The standard InChI is InChI=1S/C23H32N4O3S/c1-16(2)24-23(29)25-18-9-10-20(26(3)4)17(13-18)14-27(15-19-7-5-11-30-19)22(28)21-8-6-12-31-21/h6,8-10,12-13,16,19H,5,7,11,14-15H2,1-4H3,(H2,24,25,29)/t19-/m0/s1. The highest BCUT2D eigenvalue weighted by molar-refractivity contribution is 7.12. The first-order chi connectivity index (χ1) is 14.8. The van der Waals surface area contributed by atoms with Crippen LogP contribution >= 0.6 is 11.3 Å². The van der Waals surface area contributed by atoms with E-state index in [0.29, 0.717) is 18.8 Å². The van der Waals surface area contributed by atoms with Gasteiger partial charge in [0.05, 0.1) is 11.0 Å². The summed E-state index contributed by atoms with van der Waals surface area (Å²) in [5.74, 6) is 0.00567. The normalized spacial score (nSPS) is 15.7. The summed E-state index contributed by atoms with van der Waals surface area (Å²) in [4.78, 5) is 30.0. The summed E-state index contributed by atoms with van der Waals surface area (Å²) in [5.41, 5.74) is 2.67. The molecule has 0 radical (unpaired) electrons. The average Bonchev–Trinajstić information content (AvgIpc) is 3.40. The number of amides is 3. The number of urea groups is 1. The second kappa shape index (κ2) is 10.6. The molecule has 1 aliphatic rings. The molecule has 1 atom stereocenters. The number of anilines is 2. The molecule has 1 fully saturated rings. The smallest absolute Gasteiger partial charge is 0.319 e. The molecular weight excluding hydrogens is 412 g/mol. The molecule has 1 aromatic heterocycles. The van der Waals surface area contributed by atoms with Crippen molar-refractivity contribution in [2.45, 2.75) is 45.4 Å². The fraction of sp³-hybridized carbons (Fsp3) is 0.478. The minimum absolute atomic E-state index is 0.00567. The van der Waals surface area contributed by atoms with Crippen LogP contribution in [-0.4, -0.2) is 56.2 Å². The number of carbonyl (C=O) groups is 2. The summed E-state index contributed by atoms with van der Waals surface area (Å²) in [6.07, 6.45) is 2.05. The van der Waals surface area contributed by atoms with E-state index in [9.17, 15) is 9.59 Å². The molecule has 168 valence electrons. The van der Waals surface area contributed by atoms with Crippen LogP contribution in [0.1, 0.15) is 41.9 Å². The number of nitrogens with one attached hydrogen (secondary N) is 2. The van der Waals surface area contributed by atoms with Crippen LogP contribution in [0.2, 0.25) is 0 Å². The predicted octanol–water partition coefficient (Wildman–Crippen LogP) is 4.17. The van der Waals surface area contributed by atoms with Crippen LogP contribution in [0.5, 0.6) is 0 Å². The average molecular weight is 445 g/mol. The van der Waals surface area contributed by atoms with Gasteiger partial charge in [0.1, 0.15) is 0 Å². The Hall–Kier alpha value is -2.58. The number of rotatable bonds is 8. The van der Waals surface area contributed by atoms with Gasteiger partial charge in [0.2, 0.25) is 0 Å². The lowest BCUT2D eigenvalue weighted by Crippen LogP contribution is -2.37. The molecule has 1 saturated heterocycles. The van der Waals surface area contributed by atoms with Crippen molar-refractivity contribution in [3.63, 3.8) is 0 Å².